The molecule has 1 aromatic heterocycles. The number of rotatable bonds is 4. The number of carbonyl (C=O) groups is 1. The first-order valence-corrected chi connectivity index (χ1v) is 8.22. The maximum atomic E-state index is 12.4. The Kier molecular flexibility index (Phi) is 4.93. The Hall–Kier alpha value is -2.63. The SMILES string of the molecule is COc1cccc(-c2cc(C(=O)NC3CCCCC3)[nH]c(=O)n2)c1. The number of aromatic nitrogens is 2. The van der Waals surface area contributed by atoms with Crippen molar-refractivity contribution in [2.75, 3.05) is 7.11 Å². The maximum Gasteiger partial charge on any atom is 0.346 e. The second-order valence-corrected chi connectivity index (χ2v) is 6.03. The van der Waals surface area contributed by atoms with Crippen LogP contribution in [-0.4, -0.2) is 29.0 Å². The van der Waals surface area contributed by atoms with Crippen LogP contribution in [0.2, 0.25) is 0 Å². The number of nitrogens with one attached hydrogen (secondary N) is 2. The number of methoxy groups -OCH3 is 1. The molecule has 1 fully saturated rings. The highest BCUT2D eigenvalue weighted by atomic mass is 16.5. The number of amides is 1. The fourth-order valence-corrected chi connectivity index (χ4v) is 3.02. The molecule has 0 atom stereocenters. The summed E-state index contributed by atoms with van der Waals surface area (Å²) in [5, 5.41) is 3.00. The van der Waals surface area contributed by atoms with Crippen molar-refractivity contribution in [1.29, 1.82) is 0 Å². The molecule has 0 spiro atoms. The van der Waals surface area contributed by atoms with E-state index < -0.39 is 5.69 Å². The Morgan fingerprint density at radius 1 is 1.25 bits per heavy atom. The van der Waals surface area contributed by atoms with Gasteiger partial charge in [-0.25, -0.2) is 4.79 Å². The highest BCUT2D eigenvalue weighted by Gasteiger charge is 2.18. The third-order valence-electron chi connectivity index (χ3n) is 4.30. The lowest BCUT2D eigenvalue weighted by molar-refractivity contribution is 0.0922. The van der Waals surface area contributed by atoms with E-state index in [-0.39, 0.29) is 17.6 Å². The molecular weight excluding hydrogens is 306 g/mol. The normalized spacial score (nSPS) is 15.0. The number of H-pyrrole nitrogens is 1. The van der Waals surface area contributed by atoms with E-state index in [2.05, 4.69) is 15.3 Å². The quantitative estimate of drug-likeness (QED) is 0.904. The number of hydrogen-bond donors (Lipinski definition) is 2. The molecule has 0 unspecified atom stereocenters. The Labute approximate surface area is 140 Å². The van der Waals surface area contributed by atoms with Crippen LogP contribution in [0.3, 0.4) is 0 Å². The van der Waals surface area contributed by atoms with Gasteiger partial charge in [-0.2, -0.15) is 4.98 Å². The zero-order valence-corrected chi connectivity index (χ0v) is 13.7. The lowest BCUT2D eigenvalue weighted by atomic mass is 9.95. The van der Waals surface area contributed by atoms with Gasteiger partial charge in [0.15, 0.2) is 0 Å². The standard InChI is InChI=1S/C18H21N3O3/c1-24-14-9-5-6-12(10-14)15-11-16(21-18(23)20-15)17(22)19-13-7-3-2-4-8-13/h5-6,9-11,13H,2-4,7-8H2,1H3,(H,19,22)(H,20,21,23). The second kappa shape index (κ2) is 7.29. The van der Waals surface area contributed by atoms with Crippen LogP contribution in [0.15, 0.2) is 35.1 Å². The summed E-state index contributed by atoms with van der Waals surface area (Å²) >= 11 is 0. The molecule has 0 aliphatic heterocycles. The summed E-state index contributed by atoms with van der Waals surface area (Å²) in [6, 6.07) is 9.03. The summed E-state index contributed by atoms with van der Waals surface area (Å²) < 4.78 is 5.19. The summed E-state index contributed by atoms with van der Waals surface area (Å²) in [5.74, 6) is 0.410. The molecule has 1 aliphatic rings. The van der Waals surface area contributed by atoms with Gasteiger partial charge < -0.3 is 15.0 Å². The van der Waals surface area contributed by atoms with Crippen LogP contribution in [0.25, 0.3) is 11.3 Å². The summed E-state index contributed by atoms with van der Waals surface area (Å²) in [7, 11) is 1.58. The monoisotopic (exact) mass is 327 g/mol. The molecule has 0 saturated heterocycles. The molecule has 1 amide bonds. The molecule has 1 aliphatic carbocycles. The first-order valence-electron chi connectivity index (χ1n) is 8.22. The number of carbonyl (C=O) groups excluding carboxylic acids is 1. The van der Waals surface area contributed by atoms with E-state index in [1.54, 1.807) is 19.2 Å². The van der Waals surface area contributed by atoms with Gasteiger partial charge in [-0.3, -0.25) is 4.79 Å². The highest BCUT2D eigenvalue weighted by Crippen LogP contribution is 2.22. The van der Waals surface area contributed by atoms with Crippen LogP contribution >= 0.6 is 0 Å². The predicted molar refractivity (Wildman–Crippen MR) is 91.2 cm³/mol. The van der Waals surface area contributed by atoms with E-state index >= 15 is 0 Å². The Morgan fingerprint density at radius 2 is 2.04 bits per heavy atom. The number of benzene rings is 1. The van der Waals surface area contributed by atoms with E-state index in [0.717, 1.165) is 31.2 Å². The third kappa shape index (κ3) is 3.82. The molecule has 126 valence electrons. The Balaban J connectivity index is 1.85. The average Bonchev–Trinajstić information content (AvgIpc) is 2.62. The minimum atomic E-state index is -0.538. The maximum absolute atomic E-state index is 12.4. The molecule has 0 bridgehead atoms. The van der Waals surface area contributed by atoms with Crippen molar-refractivity contribution in [2.24, 2.45) is 0 Å². The average molecular weight is 327 g/mol. The molecular formula is C18H21N3O3. The minimum Gasteiger partial charge on any atom is -0.497 e. The first-order chi connectivity index (χ1) is 11.7. The van der Waals surface area contributed by atoms with Gasteiger partial charge in [0, 0.05) is 11.6 Å². The van der Waals surface area contributed by atoms with Crippen LogP contribution in [0.1, 0.15) is 42.6 Å². The van der Waals surface area contributed by atoms with Crippen molar-refractivity contribution in [3.63, 3.8) is 0 Å². The van der Waals surface area contributed by atoms with Gasteiger partial charge in [-0.15, -0.1) is 0 Å². The lowest BCUT2D eigenvalue weighted by Crippen LogP contribution is -2.37. The topological polar surface area (TPSA) is 84.1 Å². The largest absolute Gasteiger partial charge is 0.497 e. The van der Waals surface area contributed by atoms with Crippen LogP contribution in [0.4, 0.5) is 0 Å². The van der Waals surface area contributed by atoms with E-state index in [1.165, 1.54) is 6.42 Å². The molecule has 6 heteroatoms. The van der Waals surface area contributed by atoms with Gasteiger partial charge in [-0.05, 0) is 31.0 Å². The summed E-state index contributed by atoms with van der Waals surface area (Å²) in [6.45, 7) is 0. The van der Waals surface area contributed by atoms with Crippen molar-refractivity contribution in [3.05, 3.63) is 46.5 Å². The molecule has 3 rings (SSSR count). The van der Waals surface area contributed by atoms with Gasteiger partial charge in [-0.1, -0.05) is 31.4 Å². The molecule has 24 heavy (non-hydrogen) atoms. The second-order valence-electron chi connectivity index (χ2n) is 6.03. The number of nitrogens with zero attached hydrogens (tertiary/aromatic N) is 1. The summed E-state index contributed by atoms with van der Waals surface area (Å²) in [4.78, 5) is 30.8. The molecule has 1 heterocycles. The highest BCUT2D eigenvalue weighted by molar-refractivity contribution is 5.93. The zero-order valence-electron chi connectivity index (χ0n) is 13.7. The van der Waals surface area contributed by atoms with E-state index in [4.69, 9.17) is 4.74 Å². The zero-order chi connectivity index (χ0) is 16.9. The molecule has 1 aromatic carbocycles. The third-order valence-corrected chi connectivity index (χ3v) is 4.30. The fraction of sp³-hybridized carbons (Fsp3) is 0.389. The van der Waals surface area contributed by atoms with Crippen LogP contribution in [0, 0.1) is 0 Å². The Morgan fingerprint density at radius 3 is 2.79 bits per heavy atom. The van der Waals surface area contributed by atoms with Crippen molar-refractivity contribution in [3.8, 4) is 17.0 Å². The van der Waals surface area contributed by atoms with Crippen molar-refractivity contribution in [1.82, 2.24) is 15.3 Å². The van der Waals surface area contributed by atoms with Gasteiger partial charge in [0.2, 0.25) is 0 Å². The van der Waals surface area contributed by atoms with E-state index in [9.17, 15) is 9.59 Å². The van der Waals surface area contributed by atoms with Gasteiger partial charge >= 0.3 is 5.69 Å². The van der Waals surface area contributed by atoms with Crippen molar-refractivity contribution < 1.29 is 9.53 Å². The minimum absolute atomic E-state index is 0.184. The van der Waals surface area contributed by atoms with Gasteiger partial charge in [0.25, 0.3) is 5.91 Å². The smallest absolute Gasteiger partial charge is 0.346 e. The van der Waals surface area contributed by atoms with Crippen molar-refractivity contribution >= 4 is 5.91 Å². The molecule has 2 N–H and O–H groups in total. The molecule has 1 saturated carbocycles. The number of hydrogen-bond acceptors (Lipinski definition) is 4. The predicted octanol–water partition coefficient (Wildman–Crippen LogP) is 2.51. The first kappa shape index (κ1) is 16.2. The summed E-state index contributed by atoms with van der Waals surface area (Å²) in [6.07, 6.45) is 5.46. The van der Waals surface area contributed by atoms with Crippen molar-refractivity contribution in [2.45, 2.75) is 38.1 Å². The van der Waals surface area contributed by atoms with Gasteiger partial charge in [0.1, 0.15) is 11.4 Å². The van der Waals surface area contributed by atoms with E-state index in [1.807, 2.05) is 18.2 Å². The fourth-order valence-electron chi connectivity index (χ4n) is 3.02. The number of ether oxygens (including phenoxy) is 1. The van der Waals surface area contributed by atoms with Crippen LogP contribution < -0.4 is 15.7 Å². The van der Waals surface area contributed by atoms with Crippen LogP contribution in [0.5, 0.6) is 5.75 Å². The van der Waals surface area contributed by atoms with Crippen LogP contribution in [-0.2, 0) is 0 Å². The Bertz CT molecular complexity index is 779. The summed E-state index contributed by atoms with van der Waals surface area (Å²) in [5.41, 5.74) is 0.876. The lowest BCUT2D eigenvalue weighted by Gasteiger charge is -2.22. The van der Waals surface area contributed by atoms with Gasteiger partial charge in [0.05, 0.1) is 12.8 Å². The molecule has 6 nitrogen and oxygen atoms in total. The van der Waals surface area contributed by atoms with E-state index in [0.29, 0.717) is 11.4 Å². The number of aromatic amines is 1. The molecule has 0 radical (unpaired) electrons. The molecule has 2 aromatic rings.